The largest absolute Gasteiger partial charge is 0.307 e. The van der Waals surface area contributed by atoms with Crippen LogP contribution in [-0.2, 0) is 7.05 Å². The number of carbonyl (C=O) groups is 1. The third kappa shape index (κ3) is 2.82. The molecular formula is C20H17N5O. The van der Waals surface area contributed by atoms with Crippen molar-refractivity contribution in [3.63, 3.8) is 0 Å². The van der Waals surface area contributed by atoms with Crippen LogP contribution in [0.2, 0.25) is 0 Å². The molecule has 1 amide bonds. The maximum atomic E-state index is 13.0. The summed E-state index contributed by atoms with van der Waals surface area (Å²) in [6.45, 7) is 1.88. The molecule has 128 valence electrons. The second-order valence-electron chi connectivity index (χ2n) is 6.00. The number of nitrogens with zero attached hydrogens (tertiary/aromatic N) is 4. The molecule has 0 bridgehead atoms. The van der Waals surface area contributed by atoms with E-state index in [0.717, 1.165) is 22.3 Å². The maximum Gasteiger partial charge on any atom is 0.257 e. The Bertz CT molecular complexity index is 1090. The van der Waals surface area contributed by atoms with Gasteiger partial charge in [-0.2, -0.15) is 5.10 Å². The first-order valence-corrected chi connectivity index (χ1v) is 8.25. The molecule has 1 aromatic carbocycles. The highest BCUT2D eigenvalue weighted by Crippen LogP contribution is 2.27. The van der Waals surface area contributed by atoms with E-state index in [1.165, 1.54) is 0 Å². The van der Waals surface area contributed by atoms with Crippen molar-refractivity contribution in [2.75, 3.05) is 5.32 Å². The lowest BCUT2D eigenvalue weighted by atomic mass is 10.0. The number of pyridine rings is 2. The summed E-state index contributed by atoms with van der Waals surface area (Å²) in [7, 11) is 1.83. The second kappa shape index (κ2) is 6.40. The van der Waals surface area contributed by atoms with E-state index < -0.39 is 0 Å². The first kappa shape index (κ1) is 16.0. The molecule has 0 fully saturated rings. The summed E-state index contributed by atoms with van der Waals surface area (Å²) < 4.78 is 1.70. The quantitative estimate of drug-likeness (QED) is 0.617. The van der Waals surface area contributed by atoms with Crippen LogP contribution in [0.3, 0.4) is 0 Å². The fourth-order valence-corrected chi connectivity index (χ4v) is 3.00. The fourth-order valence-electron chi connectivity index (χ4n) is 3.00. The molecule has 6 heteroatoms. The molecule has 0 unspecified atom stereocenters. The monoisotopic (exact) mass is 343 g/mol. The van der Waals surface area contributed by atoms with Crippen molar-refractivity contribution in [1.82, 2.24) is 19.7 Å². The van der Waals surface area contributed by atoms with Gasteiger partial charge in [-0.25, -0.2) is 9.97 Å². The number of fused-ring (bicyclic) bond motifs is 1. The van der Waals surface area contributed by atoms with Crippen molar-refractivity contribution in [2.24, 2.45) is 7.05 Å². The number of aromatic nitrogens is 4. The molecule has 4 rings (SSSR count). The van der Waals surface area contributed by atoms with Gasteiger partial charge in [0.15, 0.2) is 5.65 Å². The van der Waals surface area contributed by atoms with Crippen LogP contribution < -0.4 is 5.32 Å². The molecule has 6 nitrogen and oxygen atoms in total. The third-order valence-corrected chi connectivity index (χ3v) is 4.19. The van der Waals surface area contributed by atoms with Gasteiger partial charge in [0, 0.05) is 18.8 Å². The Morgan fingerprint density at radius 3 is 2.58 bits per heavy atom. The van der Waals surface area contributed by atoms with Crippen molar-refractivity contribution in [3.8, 4) is 11.3 Å². The van der Waals surface area contributed by atoms with Gasteiger partial charge >= 0.3 is 0 Å². The summed E-state index contributed by atoms with van der Waals surface area (Å²) in [6, 6.07) is 17.0. The van der Waals surface area contributed by atoms with E-state index in [0.29, 0.717) is 17.0 Å². The summed E-state index contributed by atoms with van der Waals surface area (Å²) in [4.78, 5) is 21.8. The van der Waals surface area contributed by atoms with Crippen molar-refractivity contribution in [2.45, 2.75) is 6.92 Å². The molecule has 0 radical (unpaired) electrons. The highest BCUT2D eigenvalue weighted by molar-refractivity contribution is 6.13. The molecule has 3 heterocycles. The normalized spacial score (nSPS) is 10.8. The number of carbonyl (C=O) groups excluding carboxylic acids is 1. The first-order chi connectivity index (χ1) is 12.6. The number of nitrogens with one attached hydrogen (secondary N) is 1. The average molecular weight is 343 g/mol. The number of anilines is 1. The zero-order chi connectivity index (χ0) is 18.1. The van der Waals surface area contributed by atoms with E-state index in [2.05, 4.69) is 15.4 Å². The highest BCUT2D eigenvalue weighted by atomic mass is 16.1. The summed E-state index contributed by atoms with van der Waals surface area (Å²) in [6.07, 6.45) is 1.64. The van der Waals surface area contributed by atoms with Crippen LogP contribution in [0.25, 0.3) is 22.3 Å². The SMILES string of the molecule is Cc1nn(C)c2nc(-c3ccccc3)cc(C(=O)Nc3ccccn3)c12. The van der Waals surface area contributed by atoms with Gasteiger partial charge in [-0.05, 0) is 25.1 Å². The van der Waals surface area contributed by atoms with Gasteiger partial charge < -0.3 is 5.32 Å². The number of hydrogen-bond acceptors (Lipinski definition) is 4. The van der Waals surface area contributed by atoms with Crippen LogP contribution in [-0.4, -0.2) is 25.7 Å². The van der Waals surface area contributed by atoms with E-state index in [9.17, 15) is 4.79 Å². The minimum atomic E-state index is -0.232. The Labute approximate surface area is 150 Å². The maximum absolute atomic E-state index is 13.0. The lowest BCUT2D eigenvalue weighted by molar-refractivity contribution is 0.102. The van der Waals surface area contributed by atoms with E-state index in [1.807, 2.05) is 56.4 Å². The molecule has 3 aromatic heterocycles. The van der Waals surface area contributed by atoms with Crippen molar-refractivity contribution < 1.29 is 4.79 Å². The van der Waals surface area contributed by atoms with Crippen molar-refractivity contribution >= 4 is 22.8 Å². The van der Waals surface area contributed by atoms with Gasteiger partial charge in [0.25, 0.3) is 5.91 Å². The van der Waals surface area contributed by atoms with Crippen molar-refractivity contribution in [1.29, 1.82) is 0 Å². The number of aryl methyl sites for hydroxylation is 2. The number of benzene rings is 1. The van der Waals surface area contributed by atoms with Gasteiger partial charge in [0.1, 0.15) is 5.82 Å². The first-order valence-electron chi connectivity index (χ1n) is 8.25. The minimum Gasteiger partial charge on any atom is -0.307 e. The lowest BCUT2D eigenvalue weighted by Crippen LogP contribution is -2.14. The topological polar surface area (TPSA) is 72.7 Å². The van der Waals surface area contributed by atoms with Crippen LogP contribution >= 0.6 is 0 Å². The lowest BCUT2D eigenvalue weighted by Gasteiger charge is -2.09. The van der Waals surface area contributed by atoms with E-state index in [4.69, 9.17) is 4.98 Å². The molecule has 0 saturated heterocycles. The van der Waals surface area contributed by atoms with Crippen LogP contribution in [0, 0.1) is 6.92 Å². The number of hydrogen-bond donors (Lipinski definition) is 1. The molecule has 0 aliphatic heterocycles. The van der Waals surface area contributed by atoms with E-state index in [1.54, 1.807) is 23.0 Å². The Morgan fingerprint density at radius 2 is 1.85 bits per heavy atom. The molecule has 0 spiro atoms. The average Bonchev–Trinajstić information content (AvgIpc) is 2.96. The summed E-state index contributed by atoms with van der Waals surface area (Å²) >= 11 is 0. The van der Waals surface area contributed by atoms with Crippen LogP contribution in [0.5, 0.6) is 0 Å². The van der Waals surface area contributed by atoms with Crippen molar-refractivity contribution in [3.05, 3.63) is 72.1 Å². The molecule has 0 aliphatic carbocycles. The summed E-state index contributed by atoms with van der Waals surface area (Å²) in [5.74, 6) is 0.273. The third-order valence-electron chi connectivity index (χ3n) is 4.19. The smallest absolute Gasteiger partial charge is 0.257 e. The van der Waals surface area contributed by atoms with Gasteiger partial charge in [-0.3, -0.25) is 9.48 Å². The molecule has 0 aliphatic rings. The standard InChI is InChI=1S/C20H17N5O/c1-13-18-15(20(26)23-17-10-6-7-11-21-17)12-16(14-8-4-3-5-9-14)22-19(18)25(2)24-13/h3-12H,1-2H3,(H,21,23,26). The van der Waals surface area contributed by atoms with E-state index in [-0.39, 0.29) is 5.91 Å². The summed E-state index contributed by atoms with van der Waals surface area (Å²) in [5.41, 5.74) is 3.65. The Balaban J connectivity index is 1.88. The summed E-state index contributed by atoms with van der Waals surface area (Å²) in [5, 5.41) is 8.03. The zero-order valence-corrected chi connectivity index (χ0v) is 14.5. The predicted molar refractivity (Wildman–Crippen MR) is 101 cm³/mol. The molecule has 0 saturated carbocycles. The number of rotatable bonds is 3. The molecule has 1 N–H and O–H groups in total. The Morgan fingerprint density at radius 1 is 1.08 bits per heavy atom. The fraction of sp³-hybridized carbons (Fsp3) is 0.100. The zero-order valence-electron chi connectivity index (χ0n) is 14.5. The number of amides is 1. The van der Waals surface area contributed by atoms with Gasteiger partial charge in [0.05, 0.1) is 22.3 Å². The van der Waals surface area contributed by atoms with E-state index >= 15 is 0 Å². The Hall–Kier alpha value is -3.54. The Kier molecular flexibility index (Phi) is 3.93. The van der Waals surface area contributed by atoms with Crippen LogP contribution in [0.1, 0.15) is 16.1 Å². The van der Waals surface area contributed by atoms with Gasteiger partial charge in [-0.1, -0.05) is 36.4 Å². The predicted octanol–water partition coefficient (Wildman–Crippen LogP) is 3.59. The molecule has 26 heavy (non-hydrogen) atoms. The molecular weight excluding hydrogens is 326 g/mol. The molecule has 4 aromatic rings. The second-order valence-corrected chi connectivity index (χ2v) is 6.00. The van der Waals surface area contributed by atoms with Crippen LogP contribution in [0.15, 0.2) is 60.8 Å². The van der Waals surface area contributed by atoms with Gasteiger partial charge in [-0.15, -0.1) is 0 Å². The van der Waals surface area contributed by atoms with Crippen LogP contribution in [0.4, 0.5) is 5.82 Å². The highest BCUT2D eigenvalue weighted by Gasteiger charge is 2.19. The molecule has 0 atom stereocenters. The minimum absolute atomic E-state index is 0.232. The van der Waals surface area contributed by atoms with Gasteiger partial charge in [0.2, 0.25) is 0 Å².